The summed E-state index contributed by atoms with van der Waals surface area (Å²) in [4.78, 5) is 18.9. The lowest BCUT2D eigenvalue weighted by atomic mass is 10.1. The second-order valence-corrected chi connectivity index (χ2v) is 8.46. The predicted molar refractivity (Wildman–Crippen MR) is 103 cm³/mol. The molecule has 1 fully saturated rings. The van der Waals surface area contributed by atoms with Crippen LogP contribution in [0.3, 0.4) is 0 Å². The van der Waals surface area contributed by atoms with Gasteiger partial charge in [0.25, 0.3) is 5.91 Å². The van der Waals surface area contributed by atoms with Gasteiger partial charge >= 0.3 is 0 Å². The molecule has 8 heteroatoms. The second-order valence-electron chi connectivity index (χ2n) is 6.53. The van der Waals surface area contributed by atoms with E-state index in [-0.39, 0.29) is 37.0 Å². The number of halogens is 1. The fourth-order valence-corrected chi connectivity index (χ4v) is 4.76. The van der Waals surface area contributed by atoms with Crippen LogP contribution in [0.25, 0.3) is 10.9 Å². The minimum absolute atomic E-state index is 0.0498. The van der Waals surface area contributed by atoms with Gasteiger partial charge in [-0.1, -0.05) is 18.2 Å². The summed E-state index contributed by atoms with van der Waals surface area (Å²) in [6, 6.07) is 13.9. The Morgan fingerprint density at radius 1 is 0.929 bits per heavy atom. The molecule has 1 saturated heterocycles. The van der Waals surface area contributed by atoms with Crippen molar-refractivity contribution < 1.29 is 17.6 Å². The van der Waals surface area contributed by atoms with Crippen LogP contribution in [0.1, 0.15) is 10.4 Å². The zero-order valence-electron chi connectivity index (χ0n) is 15.0. The lowest BCUT2D eigenvalue weighted by Gasteiger charge is -2.34. The van der Waals surface area contributed by atoms with Crippen LogP contribution in [0.5, 0.6) is 0 Å². The van der Waals surface area contributed by atoms with Gasteiger partial charge in [-0.2, -0.15) is 4.31 Å². The molecule has 0 saturated carbocycles. The molecule has 4 rings (SSSR count). The fourth-order valence-electron chi connectivity index (χ4n) is 3.34. The Labute approximate surface area is 162 Å². The molecule has 6 nitrogen and oxygen atoms in total. The van der Waals surface area contributed by atoms with Crippen molar-refractivity contribution in [2.75, 3.05) is 26.2 Å². The molecule has 2 aromatic carbocycles. The summed E-state index contributed by atoms with van der Waals surface area (Å²) in [6.45, 7) is 0.953. The largest absolute Gasteiger partial charge is 0.336 e. The molecule has 2 heterocycles. The van der Waals surface area contributed by atoms with Crippen molar-refractivity contribution in [1.82, 2.24) is 14.2 Å². The number of amides is 1. The number of carbonyl (C=O) groups excluding carboxylic acids is 1. The minimum atomic E-state index is -3.71. The van der Waals surface area contributed by atoms with Gasteiger partial charge in [0.15, 0.2) is 0 Å². The van der Waals surface area contributed by atoms with E-state index in [1.54, 1.807) is 17.2 Å². The van der Waals surface area contributed by atoms with Crippen LogP contribution in [0.15, 0.2) is 65.7 Å². The third kappa shape index (κ3) is 3.36. The summed E-state index contributed by atoms with van der Waals surface area (Å²) in [5.41, 5.74) is 1.30. The number of carbonyl (C=O) groups is 1. The molecular weight excluding hydrogens is 381 g/mol. The number of para-hydroxylation sites is 1. The highest BCUT2D eigenvalue weighted by Crippen LogP contribution is 2.21. The van der Waals surface area contributed by atoms with Crippen LogP contribution in [0.2, 0.25) is 0 Å². The highest BCUT2D eigenvalue weighted by molar-refractivity contribution is 7.89. The van der Waals surface area contributed by atoms with Gasteiger partial charge in [-0.05, 0) is 36.4 Å². The van der Waals surface area contributed by atoms with Crippen LogP contribution in [-0.2, 0) is 10.0 Å². The summed E-state index contributed by atoms with van der Waals surface area (Å²) < 4.78 is 39.8. The molecule has 1 aliphatic heterocycles. The molecule has 0 bridgehead atoms. The van der Waals surface area contributed by atoms with E-state index >= 15 is 0 Å². The van der Waals surface area contributed by atoms with Gasteiger partial charge in [0.2, 0.25) is 10.0 Å². The van der Waals surface area contributed by atoms with E-state index in [9.17, 15) is 17.6 Å². The molecule has 0 spiro atoms. The molecule has 0 aliphatic carbocycles. The predicted octanol–water partition coefficient (Wildman–Crippen LogP) is 2.52. The average molecular weight is 399 g/mol. The molecule has 3 aromatic rings. The number of pyridine rings is 1. The Morgan fingerprint density at radius 2 is 1.61 bits per heavy atom. The minimum Gasteiger partial charge on any atom is -0.336 e. The van der Waals surface area contributed by atoms with E-state index < -0.39 is 15.8 Å². The van der Waals surface area contributed by atoms with Crippen LogP contribution in [0.4, 0.5) is 4.39 Å². The fraction of sp³-hybridized carbons (Fsp3) is 0.200. The number of sulfonamides is 1. The Bertz CT molecular complexity index is 1120. The first-order chi connectivity index (χ1) is 13.5. The number of hydrogen-bond donors (Lipinski definition) is 0. The van der Waals surface area contributed by atoms with Gasteiger partial charge < -0.3 is 4.90 Å². The van der Waals surface area contributed by atoms with E-state index in [4.69, 9.17) is 0 Å². The van der Waals surface area contributed by atoms with Crippen molar-refractivity contribution >= 4 is 26.8 Å². The lowest BCUT2D eigenvalue weighted by Crippen LogP contribution is -2.50. The standard InChI is InChI=1S/C20H18FN3O3S/c21-15-5-7-16(8-6-15)28(26,27)24-13-11-23(12-14-24)20(25)18-9-10-22-19-4-2-1-3-17(18)19/h1-10H,11-14H2. The van der Waals surface area contributed by atoms with Gasteiger partial charge in [0, 0.05) is 37.8 Å². The molecule has 0 atom stereocenters. The maximum Gasteiger partial charge on any atom is 0.254 e. The quantitative estimate of drug-likeness (QED) is 0.679. The van der Waals surface area contributed by atoms with Crippen LogP contribution in [0, 0.1) is 5.82 Å². The van der Waals surface area contributed by atoms with E-state index in [1.807, 2.05) is 24.3 Å². The van der Waals surface area contributed by atoms with Crippen LogP contribution in [-0.4, -0.2) is 54.7 Å². The Kier molecular flexibility index (Phi) is 4.82. The smallest absolute Gasteiger partial charge is 0.254 e. The average Bonchev–Trinajstić information content (AvgIpc) is 2.73. The summed E-state index contributed by atoms with van der Waals surface area (Å²) in [5, 5.41) is 0.774. The van der Waals surface area contributed by atoms with Crippen molar-refractivity contribution in [3.8, 4) is 0 Å². The van der Waals surface area contributed by atoms with E-state index in [1.165, 1.54) is 16.4 Å². The number of piperazine rings is 1. The number of aromatic nitrogens is 1. The second kappa shape index (κ2) is 7.29. The third-order valence-corrected chi connectivity index (χ3v) is 6.77. The van der Waals surface area contributed by atoms with Crippen molar-refractivity contribution in [2.45, 2.75) is 4.90 Å². The van der Waals surface area contributed by atoms with Crippen molar-refractivity contribution in [3.63, 3.8) is 0 Å². The van der Waals surface area contributed by atoms with Gasteiger partial charge in [-0.3, -0.25) is 9.78 Å². The van der Waals surface area contributed by atoms with Gasteiger partial charge in [0.1, 0.15) is 5.82 Å². The zero-order chi connectivity index (χ0) is 19.7. The molecular formula is C20H18FN3O3S. The van der Waals surface area contributed by atoms with Crippen molar-refractivity contribution in [2.24, 2.45) is 0 Å². The molecule has 0 N–H and O–H groups in total. The number of nitrogens with zero attached hydrogens (tertiary/aromatic N) is 3. The Hall–Kier alpha value is -2.84. The SMILES string of the molecule is O=C(c1ccnc2ccccc12)N1CCN(S(=O)(=O)c2ccc(F)cc2)CC1. The number of hydrogen-bond acceptors (Lipinski definition) is 4. The first-order valence-electron chi connectivity index (χ1n) is 8.85. The number of fused-ring (bicyclic) bond motifs is 1. The molecule has 1 aliphatic rings. The Morgan fingerprint density at radius 3 is 2.32 bits per heavy atom. The number of benzene rings is 2. The maximum atomic E-state index is 13.1. The van der Waals surface area contributed by atoms with Crippen molar-refractivity contribution in [1.29, 1.82) is 0 Å². The molecule has 0 unspecified atom stereocenters. The molecule has 28 heavy (non-hydrogen) atoms. The zero-order valence-corrected chi connectivity index (χ0v) is 15.8. The third-order valence-electron chi connectivity index (χ3n) is 4.86. The first kappa shape index (κ1) is 18.5. The normalized spacial score (nSPS) is 15.7. The summed E-state index contributed by atoms with van der Waals surface area (Å²) in [6.07, 6.45) is 1.60. The van der Waals surface area contributed by atoms with Gasteiger partial charge in [-0.25, -0.2) is 12.8 Å². The van der Waals surface area contributed by atoms with E-state index in [2.05, 4.69) is 4.98 Å². The van der Waals surface area contributed by atoms with E-state index in [0.29, 0.717) is 5.56 Å². The monoisotopic (exact) mass is 399 g/mol. The van der Waals surface area contributed by atoms with Gasteiger partial charge in [-0.15, -0.1) is 0 Å². The number of rotatable bonds is 3. The highest BCUT2D eigenvalue weighted by Gasteiger charge is 2.30. The lowest BCUT2D eigenvalue weighted by molar-refractivity contribution is 0.0700. The van der Waals surface area contributed by atoms with E-state index in [0.717, 1.165) is 23.0 Å². The summed E-state index contributed by atoms with van der Waals surface area (Å²) in [5.74, 6) is -0.628. The topological polar surface area (TPSA) is 70.6 Å². The van der Waals surface area contributed by atoms with Crippen LogP contribution >= 0.6 is 0 Å². The highest BCUT2D eigenvalue weighted by atomic mass is 32.2. The van der Waals surface area contributed by atoms with Gasteiger partial charge in [0.05, 0.1) is 16.0 Å². The maximum absolute atomic E-state index is 13.1. The Balaban J connectivity index is 1.51. The van der Waals surface area contributed by atoms with Crippen molar-refractivity contribution in [3.05, 3.63) is 72.2 Å². The summed E-state index contributed by atoms with van der Waals surface area (Å²) in [7, 11) is -3.71. The molecule has 144 valence electrons. The first-order valence-corrected chi connectivity index (χ1v) is 10.3. The van der Waals surface area contributed by atoms with Crippen LogP contribution < -0.4 is 0 Å². The summed E-state index contributed by atoms with van der Waals surface area (Å²) >= 11 is 0. The molecule has 1 aromatic heterocycles. The molecule has 0 radical (unpaired) electrons. The molecule has 1 amide bonds.